The zero-order valence-electron chi connectivity index (χ0n) is 11.9. The Balaban J connectivity index is 1.61. The van der Waals surface area contributed by atoms with Crippen molar-refractivity contribution in [1.82, 2.24) is 15.2 Å². The normalized spacial score (nSPS) is 10.4. The van der Waals surface area contributed by atoms with E-state index < -0.39 is 0 Å². The summed E-state index contributed by atoms with van der Waals surface area (Å²) in [5, 5.41) is 12.3. The summed E-state index contributed by atoms with van der Waals surface area (Å²) in [5.41, 5.74) is 1.96. The maximum atomic E-state index is 5.20. The minimum atomic E-state index is 0.761. The van der Waals surface area contributed by atoms with E-state index in [2.05, 4.69) is 20.5 Å². The van der Waals surface area contributed by atoms with Gasteiger partial charge in [-0.15, -0.1) is 10.2 Å². The molecule has 0 aliphatic heterocycles. The van der Waals surface area contributed by atoms with Crippen LogP contribution in [-0.2, 0) is 5.75 Å². The van der Waals surface area contributed by atoms with Crippen LogP contribution in [0.3, 0.4) is 0 Å². The molecule has 0 unspecified atom stereocenters. The van der Waals surface area contributed by atoms with E-state index in [1.165, 1.54) is 11.3 Å². The molecule has 3 aromatic rings. The molecule has 0 amide bonds. The van der Waals surface area contributed by atoms with Gasteiger partial charge in [0.05, 0.1) is 12.8 Å². The second kappa shape index (κ2) is 7.24. The fourth-order valence-electron chi connectivity index (χ4n) is 1.76. The molecule has 0 atom stereocenters. The molecule has 0 aliphatic carbocycles. The van der Waals surface area contributed by atoms with Crippen LogP contribution in [-0.4, -0.2) is 22.3 Å². The first-order valence-corrected chi connectivity index (χ1v) is 8.41. The number of methoxy groups -OCH3 is 1. The van der Waals surface area contributed by atoms with E-state index in [4.69, 9.17) is 4.74 Å². The van der Waals surface area contributed by atoms with Gasteiger partial charge in [-0.3, -0.25) is 4.98 Å². The van der Waals surface area contributed by atoms with Gasteiger partial charge in [0.1, 0.15) is 5.75 Å². The number of benzene rings is 1. The molecule has 2 heterocycles. The molecule has 5 nitrogen and oxygen atoms in total. The number of pyridine rings is 1. The number of anilines is 2. The molecule has 0 bridgehead atoms. The average molecular weight is 330 g/mol. The van der Waals surface area contributed by atoms with E-state index in [-0.39, 0.29) is 0 Å². The van der Waals surface area contributed by atoms with Gasteiger partial charge in [0, 0.05) is 23.7 Å². The number of ether oxygens (including phenoxy) is 1. The third-order valence-electron chi connectivity index (χ3n) is 2.80. The monoisotopic (exact) mass is 330 g/mol. The molecule has 3 rings (SSSR count). The van der Waals surface area contributed by atoms with Gasteiger partial charge in [0.15, 0.2) is 4.34 Å². The van der Waals surface area contributed by atoms with E-state index in [0.717, 1.165) is 32.4 Å². The molecule has 112 valence electrons. The van der Waals surface area contributed by atoms with Crippen LogP contribution >= 0.6 is 23.1 Å². The van der Waals surface area contributed by atoms with Crippen LogP contribution in [0.15, 0.2) is 53.0 Å². The van der Waals surface area contributed by atoms with Gasteiger partial charge in [-0.1, -0.05) is 35.2 Å². The second-order valence-corrected chi connectivity index (χ2v) is 6.54. The fourth-order valence-corrected chi connectivity index (χ4v) is 3.45. The highest BCUT2D eigenvalue weighted by molar-refractivity contribution is 8.00. The Labute approximate surface area is 136 Å². The van der Waals surface area contributed by atoms with Crippen molar-refractivity contribution >= 4 is 33.9 Å². The standard InChI is InChI=1S/C15H14N4OS2/c1-20-13-7-4-6-11(9-13)17-14-18-19-15(22-14)21-10-12-5-2-3-8-16-12/h2-9H,10H2,1H3,(H,17,18). The van der Waals surface area contributed by atoms with Crippen molar-refractivity contribution in [3.63, 3.8) is 0 Å². The smallest absolute Gasteiger partial charge is 0.210 e. The molecular weight excluding hydrogens is 316 g/mol. The summed E-state index contributed by atoms with van der Waals surface area (Å²) < 4.78 is 6.11. The molecule has 0 spiro atoms. The van der Waals surface area contributed by atoms with E-state index in [1.54, 1.807) is 25.1 Å². The first kappa shape index (κ1) is 14.8. The molecular formula is C15H14N4OS2. The average Bonchev–Trinajstić information content (AvgIpc) is 3.01. The minimum absolute atomic E-state index is 0.761. The lowest BCUT2D eigenvalue weighted by molar-refractivity contribution is 0.415. The van der Waals surface area contributed by atoms with E-state index in [1.807, 2.05) is 42.5 Å². The van der Waals surface area contributed by atoms with Gasteiger partial charge in [-0.05, 0) is 24.3 Å². The van der Waals surface area contributed by atoms with Crippen molar-refractivity contribution in [2.45, 2.75) is 10.1 Å². The molecule has 0 fully saturated rings. The lowest BCUT2D eigenvalue weighted by Crippen LogP contribution is -1.90. The van der Waals surface area contributed by atoms with Crippen LogP contribution in [0.25, 0.3) is 0 Å². The first-order valence-electron chi connectivity index (χ1n) is 6.61. The van der Waals surface area contributed by atoms with Crippen LogP contribution in [0.2, 0.25) is 0 Å². The van der Waals surface area contributed by atoms with Gasteiger partial charge < -0.3 is 10.1 Å². The molecule has 1 aromatic carbocycles. The molecule has 0 saturated heterocycles. The maximum Gasteiger partial charge on any atom is 0.210 e. The first-order chi connectivity index (χ1) is 10.8. The van der Waals surface area contributed by atoms with Crippen LogP contribution in [0, 0.1) is 0 Å². The van der Waals surface area contributed by atoms with Crippen molar-refractivity contribution in [2.75, 3.05) is 12.4 Å². The number of thioether (sulfide) groups is 1. The third kappa shape index (κ3) is 3.96. The molecule has 22 heavy (non-hydrogen) atoms. The summed E-state index contributed by atoms with van der Waals surface area (Å²) in [6, 6.07) is 13.6. The quantitative estimate of drug-likeness (QED) is 0.690. The van der Waals surface area contributed by atoms with Gasteiger partial charge in [-0.2, -0.15) is 0 Å². The highest BCUT2D eigenvalue weighted by atomic mass is 32.2. The van der Waals surface area contributed by atoms with Gasteiger partial charge >= 0.3 is 0 Å². The van der Waals surface area contributed by atoms with Gasteiger partial charge in [-0.25, -0.2) is 0 Å². The summed E-state index contributed by atoms with van der Waals surface area (Å²) in [5.74, 6) is 1.59. The summed E-state index contributed by atoms with van der Waals surface area (Å²) in [6.07, 6.45) is 1.80. The number of nitrogens with one attached hydrogen (secondary N) is 1. The van der Waals surface area contributed by atoms with Gasteiger partial charge in [0.2, 0.25) is 5.13 Å². The van der Waals surface area contributed by atoms with Crippen LogP contribution < -0.4 is 10.1 Å². The summed E-state index contributed by atoms with van der Waals surface area (Å²) in [6.45, 7) is 0. The predicted molar refractivity (Wildman–Crippen MR) is 90.0 cm³/mol. The van der Waals surface area contributed by atoms with Crippen molar-refractivity contribution in [2.24, 2.45) is 0 Å². The van der Waals surface area contributed by atoms with E-state index >= 15 is 0 Å². The maximum absolute atomic E-state index is 5.20. The Morgan fingerprint density at radius 1 is 1.18 bits per heavy atom. The summed E-state index contributed by atoms with van der Waals surface area (Å²) in [7, 11) is 1.65. The highest BCUT2D eigenvalue weighted by Gasteiger charge is 2.06. The number of hydrogen-bond acceptors (Lipinski definition) is 7. The Hall–Kier alpha value is -2.12. The largest absolute Gasteiger partial charge is 0.497 e. The highest BCUT2D eigenvalue weighted by Crippen LogP contribution is 2.30. The van der Waals surface area contributed by atoms with Crippen molar-refractivity contribution < 1.29 is 4.74 Å². The summed E-state index contributed by atoms with van der Waals surface area (Å²) in [4.78, 5) is 4.29. The lowest BCUT2D eigenvalue weighted by Gasteiger charge is -2.04. The van der Waals surface area contributed by atoms with Crippen molar-refractivity contribution in [3.8, 4) is 5.75 Å². The SMILES string of the molecule is COc1cccc(Nc2nnc(SCc3ccccn3)s2)c1. The molecule has 0 aliphatic rings. The Morgan fingerprint density at radius 3 is 2.95 bits per heavy atom. The predicted octanol–water partition coefficient (Wildman–Crippen LogP) is 3.98. The van der Waals surface area contributed by atoms with E-state index in [0.29, 0.717) is 0 Å². The molecule has 0 radical (unpaired) electrons. The van der Waals surface area contributed by atoms with Gasteiger partial charge in [0.25, 0.3) is 0 Å². The minimum Gasteiger partial charge on any atom is -0.497 e. The number of hydrogen-bond donors (Lipinski definition) is 1. The Morgan fingerprint density at radius 2 is 2.14 bits per heavy atom. The molecule has 2 aromatic heterocycles. The van der Waals surface area contributed by atoms with Crippen LogP contribution in [0.4, 0.5) is 10.8 Å². The number of nitrogens with zero attached hydrogens (tertiary/aromatic N) is 3. The number of aromatic nitrogens is 3. The zero-order valence-corrected chi connectivity index (χ0v) is 13.5. The molecule has 0 saturated carbocycles. The second-order valence-electron chi connectivity index (χ2n) is 4.34. The molecule has 7 heteroatoms. The van der Waals surface area contributed by atoms with Crippen molar-refractivity contribution in [3.05, 3.63) is 54.4 Å². The van der Waals surface area contributed by atoms with Crippen molar-refractivity contribution in [1.29, 1.82) is 0 Å². The fraction of sp³-hybridized carbons (Fsp3) is 0.133. The van der Waals surface area contributed by atoms with E-state index in [9.17, 15) is 0 Å². The van der Waals surface area contributed by atoms with Crippen LogP contribution in [0.5, 0.6) is 5.75 Å². The third-order valence-corrected chi connectivity index (χ3v) is 4.80. The Bertz CT molecular complexity index is 733. The van der Waals surface area contributed by atoms with Crippen LogP contribution in [0.1, 0.15) is 5.69 Å². The topological polar surface area (TPSA) is 59.9 Å². The lowest BCUT2D eigenvalue weighted by atomic mass is 10.3. The zero-order chi connectivity index (χ0) is 15.2. The molecule has 1 N–H and O–H groups in total. The summed E-state index contributed by atoms with van der Waals surface area (Å²) >= 11 is 3.15. The Kier molecular flexibility index (Phi) is 4.87. The number of rotatable bonds is 6.